The van der Waals surface area contributed by atoms with Gasteiger partial charge in [-0.3, -0.25) is 4.79 Å². The lowest BCUT2D eigenvalue weighted by Gasteiger charge is -2.27. The van der Waals surface area contributed by atoms with Gasteiger partial charge < -0.3 is 11.1 Å². The summed E-state index contributed by atoms with van der Waals surface area (Å²) < 4.78 is 15.5. The van der Waals surface area contributed by atoms with E-state index in [2.05, 4.69) is 15.4 Å². The monoisotopic (exact) mass is 429 g/mol. The molecule has 9 heteroatoms. The van der Waals surface area contributed by atoms with Gasteiger partial charge in [0.1, 0.15) is 11.9 Å². The van der Waals surface area contributed by atoms with E-state index in [1.165, 1.54) is 17.8 Å². The number of hydrogen-bond donors (Lipinski definition) is 2. The molecule has 1 amide bonds. The third kappa shape index (κ3) is 3.86. The smallest absolute Gasteiger partial charge is 0.248 e. The number of carbonyl (C=O) groups excluding carboxylic acids is 1. The largest absolute Gasteiger partial charge is 0.366 e. The highest BCUT2D eigenvalue weighted by Gasteiger charge is 2.33. The molecular weight excluding hydrogens is 413 g/mol. The molecule has 3 aromatic rings. The van der Waals surface area contributed by atoms with Gasteiger partial charge >= 0.3 is 0 Å². The van der Waals surface area contributed by atoms with Crippen molar-refractivity contribution in [3.8, 4) is 0 Å². The summed E-state index contributed by atoms with van der Waals surface area (Å²) in [7, 11) is 0. The Balaban J connectivity index is 1.69. The van der Waals surface area contributed by atoms with Crippen LogP contribution in [-0.2, 0) is 10.5 Å². The van der Waals surface area contributed by atoms with Crippen LogP contribution in [0, 0.1) is 5.82 Å². The molecule has 1 aliphatic rings. The van der Waals surface area contributed by atoms with Gasteiger partial charge in [-0.05, 0) is 36.2 Å². The fourth-order valence-corrected chi connectivity index (χ4v) is 4.16. The minimum atomic E-state index is -0.545. The third-order valence-corrected chi connectivity index (χ3v) is 5.74. The van der Waals surface area contributed by atoms with E-state index in [0.717, 1.165) is 5.56 Å². The van der Waals surface area contributed by atoms with Crippen LogP contribution >= 0.6 is 23.4 Å². The summed E-state index contributed by atoms with van der Waals surface area (Å²) in [6.45, 7) is 1.77. The number of halogens is 2. The van der Waals surface area contributed by atoms with Crippen LogP contribution in [0.2, 0.25) is 5.02 Å². The predicted molar refractivity (Wildman–Crippen MR) is 111 cm³/mol. The van der Waals surface area contributed by atoms with E-state index in [9.17, 15) is 9.18 Å². The summed E-state index contributed by atoms with van der Waals surface area (Å²) in [4.78, 5) is 16.7. The average Bonchev–Trinajstić information content (AvgIpc) is 3.09. The number of rotatable bonds is 5. The van der Waals surface area contributed by atoms with Crippen LogP contribution in [0.25, 0.3) is 0 Å². The van der Waals surface area contributed by atoms with Crippen LogP contribution in [0.3, 0.4) is 0 Å². The molecule has 1 atom stereocenters. The van der Waals surface area contributed by atoms with Crippen molar-refractivity contribution in [1.29, 1.82) is 0 Å². The number of allylic oxidation sites excluding steroid dienone is 1. The molecule has 2 heterocycles. The number of hydrogen-bond acceptors (Lipinski definition) is 5. The molecular formula is C20H17ClFN5OS. The lowest BCUT2D eigenvalue weighted by atomic mass is 9.95. The first-order valence-corrected chi connectivity index (χ1v) is 10.2. The van der Waals surface area contributed by atoms with Gasteiger partial charge in [-0.25, -0.2) is 9.07 Å². The van der Waals surface area contributed by atoms with Gasteiger partial charge in [0.2, 0.25) is 17.0 Å². The van der Waals surface area contributed by atoms with Gasteiger partial charge in [-0.15, -0.1) is 5.10 Å². The summed E-state index contributed by atoms with van der Waals surface area (Å²) in [6.07, 6.45) is 0. The Morgan fingerprint density at radius 2 is 2.00 bits per heavy atom. The molecule has 0 fully saturated rings. The van der Waals surface area contributed by atoms with Crippen LogP contribution in [0.5, 0.6) is 0 Å². The highest BCUT2D eigenvalue weighted by Crippen LogP contribution is 2.36. The van der Waals surface area contributed by atoms with Crippen molar-refractivity contribution in [1.82, 2.24) is 14.8 Å². The summed E-state index contributed by atoms with van der Waals surface area (Å²) in [5, 5.41) is 8.69. The second-order valence-electron chi connectivity index (χ2n) is 6.52. The van der Waals surface area contributed by atoms with Gasteiger partial charge in [0.25, 0.3) is 0 Å². The number of amides is 1. The molecule has 29 heavy (non-hydrogen) atoms. The second kappa shape index (κ2) is 7.88. The van der Waals surface area contributed by atoms with Gasteiger partial charge in [-0.2, -0.15) is 4.98 Å². The quantitative estimate of drug-likeness (QED) is 0.595. The minimum absolute atomic E-state index is 0.269. The third-order valence-electron chi connectivity index (χ3n) is 4.60. The predicted octanol–water partition coefficient (Wildman–Crippen LogP) is 4.14. The van der Waals surface area contributed by atoms with E-state index in [4.69, 9.17) is 17.3 Å². The first kappa shape index (κ1) is 19.5. The highest BCUT2D eigenvalue weighted by atomic mass is 35.5. The number of benzene rings is 2. The SMILES string of the molecule is CC1=C(C(N)=O)[C@H](c2ccc(Cl)cc2)n2nc(SCc3ccccc3F)nc2N1. The number of primary amides is 1. The first-order valence-electron chi connectivity index (χ1n) is 8.80. The first-order chi connectivity index (χ1) is 13.9. The van der Waals surface area contributed by atoms with Gasteiger partial charge in [0, 0.05) is 16.5 Å². The molecule has 0 saturated heterocycles. The molecule has 0 spiro atoms. The van der Waals surface area contributed by atoms with Crippen molar-refractivity contribution in [3.63, 3.8) is 0 Å². The van der Waals surface area contributed by atoms with Crippen LogP contribution in [-0.4, -0.2) is 20.7 Å². The normalized spacial score (nSPS) is 15.8. The average molecular weight is 430 g/mol. The van der Waals surface area contributed by atoms with Crippen LogP contribution in [0.4, 0.5) is 10.3 Å². The van der Waals surface area contributed by atoms with E-state index >= 15 is 0 Å². The number of nitrogens with one attached hydrogen (secondary N) is 1. The molecule has 0 aliphatic carbocycles. The number of thioether (sulfide) groups is 1. The molecule has 1 aliphatic heterocycles. The Morgan fingerprint density at radius 3 is 2.69 bits per heavy atom. The van der Waals surface area contributed by atoms with Crippen molar-refractivity contribution in [2.24, 2.45) is 5.73 Å². The molecule has 4 rings (SSSR count). The number of nitrogens with zero attached hydrogens (tertiary/aromatic N) is 3. The molecule has 6 nitrogen and oxygen atoms in total. The topological polar surface area (TPSA) is 85.8 Å². The van der Waals surface area contributed by atoms with E-state index in [-0.39, 0.29) is 5.82 Å². The zero-order valence-corrected chi connectivity index (χ0v) is 17.0. The van der Waals surface area contributed by atoms with Crippen molar-refractivity contribution in [3.05, 3.63) is 81.8 Å². The second-order valence-corrected chi connectivity index (χ2v) is 7.90. The van der Waals surface area contributed by atoms with E-state index in [1.54, 1.807) is 41.9 Å². The highest BCUT2D eigenvalue weighted by molar-refractivity contribution is 7.98. The van der Waals surface area contributed by atoms with E-state index in [0.29, 0.717) is 38.7 Å². The standard InChI is InChI=1S/C20H17ClFN5OS/c1-11-16(18(23)28)17(12-6-8-14(21)9-7-12)27-19(24-11)25-20(26-27)29-10-13-4-2-3-5-15(13)22/h2-9,17H,10H2,1H3,(H2,23,28)(H,24,25,26)/t17-/m0/s1. The minimum Gasteiger partial charge on any atom is -0.366 e. The van der Waals surface area contributed by atoms with Crippen LogP contribution < -0.4 is 11.1 Å². The molecule has 0 unspecified atom stereocenters. The van der Waals surface area contributed by atoms with Crippen molar-refractivity contribution in [2.75, 3.05) is 5.32 Å². The number of carbonyl (C=O) groups is 1. The zero-order chi connectivity index (χ0) is 20.5. The Morgan fingerprint density at radius 1 is 1.28 bits per heavy atom. The molecule has 3 N–H and O–H groups in total. The number of aromatic nitrogens is 3. The Bertz CT molecular complexity index is 1110. The van der Waals surface area contributed by atoms with Gasteiger partial charge in [-0.1, -0.05) is 53.7 Å². The molecule has 0 saturated carbocycles. The molecule has 148 valence electrons. The molecule has 0 bridgehead atoms. The maximum atomic E-state index is 13.9. The van der Waals surface area contributed by atoms with Crippen molar-refractivity contribution < 1.29 is 9.18 Å². The maximum Gasteiger partial charge on any atom is 0.248 e. The molecule has 2 aromatic carbocycles. The summed E-state index contributed by atoms with van der Waals surface area (Å²) in [5.74, 6) is 0.0615. The van der Waals surface area contributed by atoms with Crippen LogP contribution in [0.1, 0.15) is 24.1 Å². The van der Waals surface area contributed by atoms with Gasteiger partial charge in [0.15, 0.2) is 0 Å². The summed E-state index contributed by atoms with van der Waals surface area (Å²) >= 11 is 7.32. The number of anilines is 1. The van der Waals surface area contributed by atoms with E-state index < -0.39 is 11.9 Å². The molecule has 0 radical (unpaired) electrons. The fraction of sp³-hybridized carbons (Fsp3) is 0.150. The maximum absolute atomic E-state index is 13.9. The van der Waals surface area contributed by atoms with Crippen molar-refractivity contribution >= 4 is 35.2 Å². The van der Waals surface area contributed by atoms with Gasteiger partial charge in [0.05, 0.1) is 5.57 Å². The Hall–Kier alpha value is -2.84. The Kier molecular flexibility index (Phi) is 5.29. The van der Waals surface area contributed by atoms with Crippen molar-refractivity contribution in [2.45, 2.75) is 23.9 Å². The number of fused-ring (bicyclic) bond motifs is 1. The summed E-state index contributed by atoms with van der Waals surface area (Å²) in [6, 6.07) is 13.2. The van der Waals surface area contributed by atoms with E-state index in [1.807, 2.05) is 12.1 Å². The lowest BCUT2D eigenvalue weighted by molar-refractivity contribution is -0.115. The zero-order valence-electron chi connectivity index (χ0n) is 15.4. The fourth-order valence-electron chi connectivity index (χ4n) is 3.22. The Labute approximate surface area is 176 Å². The summed E-state index contributed by atoms with van der Waals surface area (Å²) in [5.41, 5.74) is 8.05. The lowest BCUT2D eigenvalue weighted by Crippen LogP contribution is -2.31. The van der Waals surface area contributed by atoms with Crippen LogP contribution in [0.15, 0.2) is 65.0 Å². The number of nitrogens with two attached hydrogens (primary N) is 1. The molecule has 1 aromatic heterocycles.